The van der Waals surface area contributed by atoms with Gasteiger partial charge in [0.1, 0.15) is 11.3 Å². The Kier molecular flexibility index (Phi) is 4.42. The van der Waals surface area contributed by atoms with E-state index in [0.29, 0.717) is 5.02 Å². The molecule has 2 rings (SSSR count). The second-order valence-corrected chi connectivity index (χ2v) is 4.98. The maximum Gasteiger partial charge on any atom is 0.345 e. The molecule has 5 nitrogen and oxygen atoms in total. The number of nitrogens with zero attached hydrogens (tertiary/aromatic N) is 2. The second-order valence-electron chi connectivity index (χ2n) is 3.73. The zero-order valence-corrected chi connectivity index (χ0v) is 12.5. The van der Waals surface area contributed by atoms with E-state index in [0.717, 1.165) is 4.68 Å². The smallest absolute Gasteiger partial charge is 0.345 e. The Balaban J connectivity index is 2.53. The molecule has 0 unspecified atom stereocenters. The number of hydrogen-bond acceptors (Lipinski definition) is 4. The number of halogens is 3. The summed E-state index contributed by atoms with van der Waals surface area (Å²) in [6.07, 6.45) is 1.18. The van der Waals surface area contributed by atoms with E-state index >= 15 is 0 Å². The average molecular weight is 336 g/mol. The van der Waals surface area contributed by atoms with Gasteiger partial charge < -0.3 is 9.84 Å². The first-order valence-electron chi connectivity index (χ1n) is 5.54. The molecule has 0 radical (unpaired) electrons. The van der Waals surface area contributed by atoms with Crippen LogP contribution in [0.2, 0.25) is 15.1 Å². The first-order valence-corrected chi connectivity index (χ1v) is 6.68. The molecule has 1 aromatic heterocycles. The highest BCUT2D eigenvalue weighted by atomic mass is 35.5. The number of rotatable bonds is 3. The first-order chi connectivity index (χ1) is 9.45. The van der Waals surface area contributed by atoms with E-state index in [-0.39, 0.29) is 27.9 Å². The molecule has 0 atom stereocenters. The molecule has 0 aliphatic carbocycles. The highest BCUT2D eigenvalue weighted by Crippen LogP contribution is 2.34. The summed E-state index contributed by atoms with van der Waals surface area (Å²) >= 11 is 17.9. The molecule has 8 heteroatoms. The van der Waals surface area contributed by atoms with Crippen LogP contribution in [-0.2, 0) is 4.74 Å². The molecule has 1 N–H and O–H groups in total. The van der Waals surface area contributed by atoms with E-state index in [1.54, 1.807) is 6.92 Å². The minimum absolute atomic E-state index is 0.0751. The Bertz CT molecular complexity index is 647. The van der Waals surface area contributed by atoms with Crippen molar-refractivity contribution < 1.29 is 14.6 Å². The van der Waals surface area contributed by atoms with Crippen LogP contribution in [-0.4, -0.2) is 27.5 Å². The van der Waals surface area contributed by atoms with Gasteiger partial charge in [0.2, 0.25) is 5.88 Å². The molecule has 0 aliphatic rings. The molecule has 0 amide bonds. The van der Waals surface area contributed by atoms with Gasteiger partial charge in [-0.3, -0.25) is 0 Å². The van der Waals surface area contributed by atoms with Gasteiger partial charge in [-0.05, 0) is 19.1 Å². The summed E-state index contributed by atoms with van der Waals surface area (Å²) in [6.45, 7) is 1.85. The van der Waals surface area contributed by atoms with Crippen molar-refractivity contribution in [3.05, 3.63) is 39.0 Å². The summed E-state index contributed by atoms with van der Waals surface area (Å²) in [4.78, 5) is 11.6. The molecular weight excluding hydrogens is 327 g/mol. The number of hydrogen-bond donors (Lipinski definition) is 1. The fourth-order valence-corrected chi connectivity index (χ4v) is 2.57. The van der Waals surface area contributed by atoms with Gasteiger partial charge in [-0.15, -0.1) is 0 Å². The molecule has 1 heterocycles. The molecule has 106 valence electrons. The molecule has 0 saturated carbocycles. The molecule has 2 aromatic rings. The normalized spacial score (nSPS) is 10.6. The number of carbonyl (C=O) groups is 1. The van der Waals surface area contributed by atoms with E-state index in [2.05, 4.69) is 5.10 Å². The summed E-state index contributed by atoms with van der Waals surface area (Å²) in [5.41, 5.74) is 0.153. The Hall–Kier alpha value is -1.43. The maximum atomic E-state index is 11.6. The molecule has 0 bridgehead atoms. The molecule has 1 aromatic carbocycles. The number of aromatic nitrogens is 2. The molecule has 0 saturated heterocycles. The topological polar surface area (TPSA) is 64.3 Å². The summed E-state index contributed by atoms with van der Waals surface area (Å²) in [6, 6.07) is 2.91. The third kappa shape index (κ3) is 2.70. The van der Waals surface area contributed by atoms with Crippen LogP contribution in [0.3, 0.4) is 0 Å². The molecule has 0 fully saturated rings. The van der Waals surface area contributed by atoms with Gasteiger partial charge >= 0.3 is 5.97 Å². The fraction of sp³-hybridized carbons (Fsp3) is 0.167. The lowest BCUT2D eigenvalue weighted by atomic mass is 10.3. The van der Waals surface area contributed by atoms with Gasteiger partial charge in [-0.2, -0.15) is 9.78 Å². The molecule has 0 spiro atoms. The van der Waals surface area contributed by atoms with Gasteiger partial charge in [0.25, 0.3) is 0 Å². The van der Waals surface area contributed by atoms with Gasteiger partial charge in [-0.25, -0.2) is 4.79 Å². The highest BCUT2D eigenvalue weighted by Gasteiger charge is 2.21. The Labute approximate surface area is 129 Å². The highest BCUT2D eigenvalue weighted by molar-refractivity contribution is 6.40. The van der Waals surface area contributed by atoms with Crippen LogP contribution in [0, 0.1) is 0 Å². The van der Waals surface area contributed by atoms with E-state index in [1.807, 2.05) is 0 Å². The summed E-state index contributed by atoms with van der Waals surface area (Å²) in [5, 5.41) is 14.7. The second kappa shape index (κ2) is 5.91. The molecule has 20 heavy (non-hydrogen) atoms. The third-order valence-electron chi connectivity index (χ3n) is 2.43. The van der Waals surface area contributed by atoms with Gasteiger partial charge in [0, 0.05) is 5.02 Å². The van der Waals surface area contributed by atoms with Gasteiger partial charge in [0.15, 0.2) is 0 Å². The maximum absolute atomic E-state index is 11.6. The van der Waals surface area contributed by atoms with Crippen molar-refractivity contribution in [1.82, 2.24) is 9.78 Å². The van der Waals surface area contributed by atoms with E-state index in [1.165, 1.54) is 18.3 Å². The van der Waals surface area contributed by atoms with Crippen molar-refractivity contribution in [2.24, 2.45) is 0 Å². The first kappa shape index (κ1) is 15.0. The van der Waals surface area contributed by atoms with Crippen LogP contribution in [0.5, 0.6) is 5.88 Å². The van der Waals surface area contributed by atoms with Gasteiger partial charge in [-0.1, -0.05) is 34.8 Å². The van der Waals surface area contributed by atoms with Crippen molar-refractivity contribution in [3.63, 3.8) is 0 Å². The number of benzene rings is 1. The largest absolute Gasteiger partial charge is 0.493 e. The number of aromatic hydroxyl groups is 1. The lowest BCUT2D eigenvalue weighted by molar-refractivity contribution is 0.0523. The zero-order chi connectivity index (χ0) is 14.9. The van der Waals surface area contributed by atoms with Crippen molar-refractivity contribution in [2.75, 3.05) is 6.61 Å². The Morgan fingerprint density at radius 1 is 1.35 bits per heavy atom. The van der Waals surface area contributed by atoms with E-state index in [4.69, 9.17) is 39.5 Å². The molecular formula is C12H9Cl3N2O3. The average Bonchev–Trinajstić information content (AvgIpc) is 2.71. The summed E-state index contributed by atoms with van der Waals surface area (Å²) in [7, 11) is 0. The minimum Gasteiger partial charge on any atom is -0.493 e. The predicted molar refractivity (Wildman–Crippen MR) is 76.2 cm³/mol. The monoisotopic (exact) mass is 334 g/mol. The SMILES string of the molecule is CCOC(=O)c1cnn(-c2c(Cl)cc(Cl)cc2Cl)c1O. The van der Waals surface area contributed by atoms with Crippen LogP contribution < -0.4 is 0 Å². The van der Waals surface area contributed by atoms with Gasteiger partial charge in [0.05, 0.1) is 22.8 Å². The van der Waals surface area contributed by atoms with Crippen molar-refractivity contribution >= 4 is 40.8 Å². The number of ether oxygens (including phenoxy) is 1. The third-order valence-corrected chi connectivity index (χ3v) is 3.23. The van der Waals surface area contributed by atoms with Crippen LogP contribution in [0.1, 0.15) is 17.3 Å². The van der Waals surface area contributed by atoms with Crippen molar-refractivity contribution in [1.29, 1.82) is 0 Å². The fourth-order valence-electron chi connectivity index (χ4n) is 1.60. The van der Waals surface area contributed by atoms with Crippen LogP contribution >= 0.6 is 34.8 Å². The summed E-state index contributed by atoms with van der Waals surface area (Å²) in [5.74, 6) is -1.09. The number of esters is 1. The van der Waals surface area contributed by atoms with Crippen molar-refractivity contribution in [3.8, 4) is 11.6 Å². The minimum atomic E-state index is -0.683. The van der Waals surface area contributed by atoms with Crippen LogP contribution in [0.4, 0.5) is 0 Å². The zero-order valence-electron chi connectivity index (χ0n) is 10.2. The summed E-state index contributed by atoms with van der Waals surface area (Å²) < 4.78 is 5.85. The Morgan fingerprint density at radius 2 is 1.95 bits per heavy atom. The standard InChI is InChI=1S/C12H9Cl3N2O3/c1-2-20-12(19)7-5-16-17(11(7)18)10-8(14)3-6(13)4-9(10)15/h3-5,18H,2H2,1H3. The van der Waals surface area contributed by atoms with Crippen molar-refractivity contribution in [2.45, 2.75) is 6.92 Å². The molecule has 0 aliphatic heterocycles. The van der Waals surface area contributed by atoms with Crippen LogP contribution in [0.15, 0.2) is 18.3 Å². The predicted octanol–water partition coefficient (Wildman–Crippen LogP) is 3.71. The van der Waals surface area contributed by atoms with E-state index in [9.17, 15) is 9.90 Å². The quantitative estimate of drug-likeness (QED) is 0.868. The van der Waals surface area contributed by atoms with Crippen LogP contribution in [0.25, 0.3) is 5.69 Å². The van der Waals surface area contributed by atoms with E-state index < -0.39 is 11.8 Å². The lowest BCUT2D eigenvalue weighted by Gasteiger charge is -2.09. The Morgan fingerprint density at radius 3 is 2.50 bits per heavy atom. The number of carbonyl (C=O) groups excluding carboxylic acids is 1. The lowest BCUT2D eigenvalue weighted by Crippen LogP contribution is -2.04.